The van der Waals surface area contributed by atoms with Crippen molar-refractivity contribution in [2.24, 2.45) is 0 Å². The minimum Gasteiger partial charge on any atom is -0.396 e. The standard InChI is InChI=1S/C9H15NO2/c1-2-3-4-6-9(12)10-7-5-8-11/h2-4,6,11H,5,7-8H2,1H3,(H,10,12). The number of carbonyl (C=O) groups excluding carboxylic acids is 1. The van der Waals surface area contributed by atoms with Crippen LogP contribution < -0.4 is 5.32 Å². The van der Waals surface area contributed by atoms with Crippen molar-refractivity contribution in [3.05, 3.63) is 24.3 Å². The summed E-state index contributed by atoms with van der Waals surface area (Å²) >= 11 is 0. The molecule has 12 heavy (non-hydrogen) atoms. The predicted octanol–water partition coefficient (Wildman–Crippen LogP) is 0.617. The molecule has 68 valence electrons. The normalized spacial score (nSPS) is 11.2. The molecule has 0 atom stereocenters. The molecule has 0 aromatic heterocycles. The van der Waals surface area contributed by atoms with Crippen molar-refractivity contribution in [2.45, 2.75) is 13.3 Å². The Bertz CT molecular complexity index is 173. The van der Waals surface area contributed by atoms with Gasteiger partial charge in [-0.1, -0.05) is 18.2 Å². The Kier molecular flexibility index (Phi) is 7.28. The average molecular weight is 169 g/mol. The number of amides is 1. The number of nitrogens with one attached hydrogen (secondary N) is 1. The SMILES string of the molecule is CC=CC=CC(=O)NCCCO. The summed E-state index contributed by atoms with van der Waals surface area (Å²) in [7, 11) is 0. The molecule has 0 heterocycles. The van der Waals surface area contributed by atoms with E-state index >= 15 is 0 Å². The molecule has 0 aromatic rings. The van der Waals surface area contributed by atoms with Gasteiger partial charge >= 0.3 is 0 Å². The molecule has 1 amide bonds. The number of hydrogen-bond acceptors (Lipinski definition) is 2. The van der Waals surface area contributed by atoms with E-state index in [1.54, 1.807) is 12.2 Å². The van der Waals surface area contributed by atoms with Gasteiger partial charge in [0.1, 0.15) is 0 Å². The highest BCUT2D eigenvalue weighted by atomic mass is 16.3. The van der Waals surface area contributed by atoms with Gasteiger partial charge in [-0.15, -0.1) is 0 Å². The van der Waals surface area contributed by atoms with Crippen molar-refractivity contribution in [3.63, 3.8) is 0 Å². The van der Waals surface area contributed by atoms with Gasteiger partial charge in [-0.05, 0) is 13.3 Å². The van der Waals surface area contributed by atoms with E-state index in [0.29, 0.717) is 13.0 Å². The third-order valence-corrected chi connectivity index (χ3v) is 1.19. The smallest absolute Gasteiger partial charge is 0.243 e. The molecule has 3 nitrogen and oxygen atoms in total. The van der Waals surface area contributed by atoms with Crippen LogP contribution in [0.3, 0.4) is 0 Å². The minimum atomic E-state index is -0.124. The van der Waals surface area contributed by atoms with Gasteiger partial charge in [-0.2, -0.15) is 0 Å². The lowest BCUT2D eigenvalue weighted by atomic mass is 10.4. The first-order valence-electron chi connectivity index (χ1n) is 3.99. The number of carbonyl (C=O) groups is 1. The van der Waals surface area contributed by atoms with Crippen LogP contribution in [-0.2, 0) is 4.79 Å². The Balaban J connectivity index is 3.45. The summed E-state index contributed by atoms with van der Waals surface area (Å²) in [6.07, 6.45) is 7.36. The highest BCUT2D eigenvalue weighted by molar-refractivity contribution is 5.87. The van der Waals surface area contributed by atoms with Gasteiger partial charge in [-0.25, -0.2) is 0 Å². The second kappa shape index (κ2) is 8.01. The average Bonchev–Trinajstić information content (AvgIpc) is 2.06. The van der Waals surface area contributed by atoms with Gasteiger partial charge in [0.05, 0.1) is 0 Å². The predicted molar refractivity (Wildman–Crippen MR) is 48.7 cm³/mol. The van der Waals surface area contributed by atoms with Gasteiger partial charge in [-0.3, -0.25) is 4.79 Å². The fourth-order valence-corrected chi connectivity index (χ4v) is 0.604. The Morgan fingerprint density at radius 2 is 2.25 bits per heavy atom. The Hall–Kier alpha value is -1.09. The topological polar surface area (TPSA) is 49.3 Å². The first-order valence-corrected chi connectivity index (χ1v) is 3.99. The van der Waals surface area contributed by atoms with Crippen molar-refractivity contribution < 1.29 is 9.90 Å². The van der Waals surface area contributed by atoms with Crippen molar-refractivity contribution >= 4 is 5.91 Å². The molecule has 3 heteroatoms. The number of aliphatic hydroxyl groups excluding tert-OH is 1. The maximum atomic E-state index is 10.9. The molecule has 0 aliphatic carbocycles. The number of hydrogen-bond donors (Lipinski definition) is 2. The molecule has 0 rings (SSSR count). The van der Waals surface area contributed by atoms with E-state index in [9.17, 15) is 4.79 Å². The van der Waals surface area contributed by atoms with Crippen LogP contribution in [0, 0.1) is 0 Å². The van der Waals surface area contributed by atoms with E-state index in [1.165, 1.54) is 6.08 Å². The highest BCUT2D eigenvalue weighted by Gasteiger charge is 1.90. The summed E-state index contributed by atoms with van der Waals surface area (Å²) in [4.78, 5) is 10.9. The lowest BCUT2D eigenvalue weighted by Gasteiger charge is -1.97. The van der Waals surface area contributed by atoms with Crippen LogP contribution in [0.1, 0.15) is 13.3 Å². The van der Waals surface area contributed by atoms with E-state index in [-0.39, 0.29) is 12.5 Å². The fraction of sp³-hybridized carbons (Fsp3) is 0.444. The zero-order chi connectivity index (χ0) is 9.23. The van der Waals surface area contributed by atoms with Crippen molar-refractivity contribution in [3.8, 4) is 0 Å². The maximum Gasteiger partial charge on any atom is 0.243 e. The number of aliphatic hydroxyl groups is 1. The van der Waals surface area contributed by atoms with Crippen molar-refractivity contribution in [1.82, 2.24) is 5.32 Å². The molecule has 0 saturated heterocycles. The molecular weight excluding hydrogens is 154 g/mol. The summed E-state index contributed by atoms with van der Waals surface area (Å²) in [6, 6.07) is 0. The number of allylic oxidation sites excluding steroid dienone is 3. The molecule has 0 unspecified atom stereocenters. The molecule has 0 aliphatic rings. The Labute approximate surface area is 72.8 Å². The van der Waals surface area contributed by atoms with E-state index in [4.69, 9.17) is 5.11 Å². The summed E-state index contributed by atoms with van der Waals surface area (Å²) in [5.74, 6) is -0.124. The fourth-order valence-electron chi connectivity index (χ4n) is 0.604. The van der Waals surface area contributed by atoms with Gasteiger partial charge in [0.15, 0.2) is 0 Å². The summed E-state index contributed by atoms with van der Waals surface area (Å²) in [5.41, 5.74) is 0. The molecule has 0 fully saturated rings. The summed E-state index contributed by atoms with van der Waals surface area (Å²) in [5, 5.41) is 11.0. The Morgan fingerprint density at radius 1 is 1.50 bits per heavy atom. The molecular formula is C9H15NO2. The van der Waals surface area contributed by atoms with Gasteiger partial charge < -0.3 is 10.4 Å². The quantitative estimate of drug-likeness (QED) is 0.360. The third-order valence-electron chi connectivity index (χ3n) is 1.19. The minimum absolute atomic E-state index is 0.110. The van der Waals surface area contributed by atoms with E-state index in [2.05, 4.69) is 5.32 Å². The van der Waals surface area contributed by atoms with Crippen LogP contribution in [0.5, 0.6) is 0 Å². The van der Waals surface area contributed by atoms with Crippen molar-refractivity contribution in [1.29, 1.82) is 0 Å². The lowest BCUT2D eigenvalue weighted by molar-refractivity contribution is -0.116. The van der Waals surface area contributed by atoms with E-state index in [1.807, 2.05) is 13.0 Å². The third kappa shape index (κ3) is 7.02. The van der Waals surface area contributed by atoms with E-state index < -0.39 is 0 Å². The first-order chi connectivity index (χ1) is 5.81. The molecule has 0 spiro atoms. The molecule has 0 aromatic carbocycles. The second-order valence-electron chi connectivity index (χ2n) is 2.25. The van der Waals surface area contributed by atoms with Crippen LogP contribution in [0.25, 0.3) is 0 Å². The highest BCUT2D eigenvalue weighted by Crippen LogP contribution is 1.78. The summed E-state index contributed by atoms with van der Waals surface area (Å²) in [6.45, 7) is 2.52. The van der Waals surface area contributed by atoms with Crippen LogP contribution in [0.2, 0.25) is 0 Å². The van der Waals surface area contributed by atoms with Crippen LogP contribution in [-0.4, -0.2) is 24.2 Å². The molecule has 0 radical (unpaired) electrons. The van der Waals surface area contributed by atoms with Crippen LogP contribution >= 0.6 is 0 Å². The lowest BCUT2D eigenvalue weighted by Crippen LogP contribution is -2.22. The first kappa shape index (κ1) is 10.9. The number of rotatable bonds is 5. The van der Waals surface area contributed by atoms with Gasteiger partial charge in [0.25, 0.3) is 0 Å². The maximum absolute atomic E-state index is 10.9. The molecule has 0 saturated carbocycles. The molecule has 0 aliphatic heterocycles. The van der Waals surface area contributed by atoms with E-state index in [0.717, 1.165) is 0 Å². The largest absolute Gasteiger partial charge is 0.396 e. The zero-order valence-corrected chi connectivity index (χ0v) is 7.29. The van der Waals surface area contributed by atoms with Gasteiger partial charge in [0.2, 0.25) is 5.91 Å². The monoisotopic (exact) mass is 169 g/mol. The molecule has 2 N–H and O–H groups in total. The summed E-state index contributed by atoms with van der Waals surface area (Å²) < 4.78 is 0. The molecule has 0 bridgehead atoms. The van der Waals surface area contributed by atoms with Crippen LogP contribution in [0.4, 0.5) is 0 Å². The van der Waals surface area contributed by atoms with Gasteiger partial charge in [0, 0.05) is 19.2 Å². The zero-order valence-electron chi connectivity index (χ0n) is 7.29. The van der Waals surface area contributed by atoms with Crippen molar-refractivity contribution in [2.75, 3.05) is 13.2 Å². The second-order valence-corrected chi connectivity index (χ2v) is 2.25. The Morgan fingerprint density at radius 3 is 2.83 bits per heavy atom. The van der Waals surface area contributed by atoms with Crippen LogP contribution in [0.15, 0.2) is 24.3 Å².